The van der Waals surface area contributed by atoms with Crippen LogP contribution < -0.4 is 14.9 Å². The third-order valence-electron chi connectivity index (χ3n) is 7.85. The Morgan fingerprint density at radius 1 is 0.698 bits per heavy atom. The number of benzene rings is 5. The van der Waals surface area contributed by atoms with Crippen molar-refractivity contribution in [1.82, 2.24) is 9.55 Å². The van der Waals surface area contributed by atoms with Crippen LogP contribution in [-0.4, -0.2) is 16.5 Å². The normalized spacial score (nSPS) is 14.0. The van der Waals surface area contributed by atoms with E-state index in [9.17, 15) is 0 Å². The lowest BCUT2D eigenvalue weighted by Gasteiger charge is -2.18. The van der Waals surface area contributed by atoms with Crippen molar-refractivity contribution in [2.45, 2.75) is 6.92 Å². The molecule has 0 spiro atoms. The number of pyridine rings is 1. The summed E-state index contributed by atoms with van der Waals surface area (Å²) in [6.45, 7) is -0.353. The lowest BCUT2D eigenvalue weighted by molar-refractivity contribution is 0.142. The van der Waals surface area contributed by atoms with E-state index in [0.717, 1.165) is 38.3 Å². The minimum absolute atomic E-state index is 0.465. The molecule has 0 radical (unpaired) electrons. The predicted molar refractivity (Wildman–Crippen MR) is 173 cm³/mol. The van der Waals surface area contributed by atoms with Gasteiger partial charge in [0.15, 0.2) is 0 Å². The molecule has 1 aliphatic heterocycles. The Morgan fingerprint density at radius 2 is 1.49 bits per heavy atom. The number of nitrogens with zero attached hydrogens (tertiary/aromatic N) is 4. The first-order chi connectivity index (χ1) is 22.3. The largest absolute Gasteiger partial charge is 0.457 e. The maximum Gasteiger partial charge on any atom is 0.138 e. The fraction of sp³-hybridized carbons (Fsp3) is 0.0541. The number of ether oxygens (including phenoxy) is 1. The minimum Gasteiger partial charge on any atom is -0.457 e. The SMILES string of the molecule is [2H]C([2H])([2H])N1ON(c2cccc(Oc3ccc4c5ccccc5n(-c5cc(-c6ccccc6C)ccn5)c4c3)c2)c2ccccc21. The van der Waals surface area contributed by atoms with Crippen molar-refractivity contribution in [2.75, 3.05) is 17.1 Å². The van der Waals surface area contributed by atoms with Gasteiger partial charge in [-0.15, -0.1) is 4.94 Å². The van der Waals surface area contributed by atoms with Crippen LogP contribution in [0.4, 0.5) is 17.1 Å². The van der Waals surface area contributed by atoms with Crippen LogP contribution in [0.2, 0.25) is 0 Å². The predicted octanol–water partition coefficient (Wildman–Crippen LogP) is 9.38. The zero-order valence-electron chi connectivity index (χ0n) is 26.3. The van der Waals surface area contributed by atoms with E-state index in [-0.39, 0.29) is 0 Å². The molecule has 43 heavy (non-hydrogen) atoms. The molecule has 6 heteroatoms. The van der Waals surface area contributed by atoms with Gasteiger partial charge in [-0.05, 0) is 78.2 Å². The molecule has 2 aromatic heterocycles. The summed E-state index contributed by atoms with van der Waals surface area (Å²) in [6.07, 6.45) is 1.86. The van der Waals surface area contributed by atoms with Gasteiger partial charge < -0.3 is 4.74 Å². The second kappa shape index (κ2) is 10.0. The number of aromatic nitrogens is 2. The number of para-hydroxylation sites is 3. The van der Waals surface area contributed by atoms with Crippen LogP contribution in [0.25, 0.3) is 38.8 Å². The van der Waals surface area contributed by atoms with Crippen LogP contribution in [0.15, 0.2) is 134 Å². The Morgan fingerprint density at radius 3 is 2.40 bits per heavy atom. The molecule has 0 saturated carbocycles. The third-order valence-corrected chi connectivity index (χ3v) is 7.85. The first-order valence-corrected chi connectivity index (χ1v) is 14.1. The summed E-state index contributed by atoms with van der Waals surface area (Å²) in [4.78, 5) is 10.6. The van der Waals surface area contributed by atoms with Gasteiger partial charge in [0.2, 0.25) is 0 Å². The Hall–Kier alpha value is -5.59. The second-order valence-corrected chi connectivity index (χ2v) is 10.5. The van der Waals surface area contributed by atoms with Crippen LogP contribution >= 0.6 is 0 Å². The molecule has 3 heterocycles. The Kier molecular flexibility index (Phi) is 5.16. The highest BCUT2D eigenvalue weighted by molar-refractivity contribution is 6.09. The fourth-order valence-electron chi connectivity index (χ4n) is 5.84. The highest BCUT2D eigenvalue weighted by Gasteiger charge is 2.26. The summed E-state index contributed by atoms with van der Waals surface area (Å²) in [5.74, 6) is 2.04. The van der Waals surface area contributed by atoms with Crippen LogP contribution in [0, 0.1) is 6.92 Å². The summed E-state index contributed by atoms with van der Waals surface area (Å²) >= 11 is 0. The third kappa shape index (κ3) is 4.28. The summed E-state index contributed by atoms with van der Waals surface area (Å²) in [5, 5.41) is 4.66. The van der Waals surface area contributed by atoms with Gasteiger partial charge in [0, 0.05) is 40.2 Å². The van der Waals surface area contributed by atoms with Crippen molar-refractivity contribution in [3.63, 3.8) is 0 Å². The summed E-state index contributed by atoms with van der Waals surface area (Å²) in [5.41, 5.74) is 7.21. The minimum atomic E-state index is -2.47. The van der Waals surface area contributed by atoms with Crippen LogP contribution in [0.3, 0.4) is 0 Å². The molecule has 1 aliphatic rings. The lowest BCUT2D eigenvalue weighted by Crippen LogP contribution is -2.20. The molecule has 0 N–H and O–H groups in total. The molecule has 208 valence electrons. The van der Waals surface area contributed by atoms with Crippen LogP contribution in [0.1, 0.15) is 9.68 Å². The fourth-order valence-corrected chi connectivity index (χ4v) is 5.84. The number of hydroxylamine groups is 1. The quantitative estimate of drug-likeness (QED) is 0.209. The van der Waals surface area contributed by atoms with Crippen molar-refractivity contribution in [2.24, 2.45) is 0 Å². The molecular formula is C37H28N4O2. The zero-order valence-corrected chi connectivity index (χ0v) is 23.3. The summed E-state index contributed by atoms with van der Waals surface area (Å²) < 4.78 is 32.4. The molecule has 0 fully saturated rings. The molecule has 0 saturated heterocycles. The molecule has 0 unspecified atom stereocenters. The molecule has 8 rings (SSSR count). The van der Waals surface area contributed by atoms with E-state index < -0.39 is 6.98 Å². The second-order valence-electron chi connectivity index (χ2n) is 10.5. The smallest absolute Gasteiger partial charge is 0.138 e. The molecule has 5 aromatic carbocycles. The van der Waals surface area contributed by atoms with Gasteiger partial charge in [-0.1, -0.05) is 60.7 Å². The van der Waals surface area contributed by atoms with Gasteiger partial charge >= 0.3 is 0 Å². The maximum atomic E-state index is 7.93. The maximum absolute atomic E-state index is 7.93. The molecule has 6 nitrogen and oxygen atoms in total. The van der Waals surface area contributed by atoms with Crippen molar-refractivity contribution < 1.29 is 13.8 Å². The Balaban J connectivity index is 1.18. The van der Waals surface area contributed by atoms with Crippen molar-refractivity contribution in [3.8, 4) is 28.4 Å². The average Bonchev–Trinajstić information content (AvgIpc) is 3.62. The topological polar surface area (TPSA) is 42.8 Å². The van der Waals surface area contributed by atoms with E-state index in [0.29, 0.717) is 28.6 Å². The number of rotatable bonds is 5. The standard InChI is InChI=1S/C37H28N4O2/c1-25-10-3-4-13-30(25)26-20-21-38-37(22-26)40-33-15-6-5-14-31(33)32-19-18-29(24-36(32)40)42-28-12-9-11-27(23-28)41-35-17-8-7-16-34(35)39(2)43-41/h3-24H,1-2H3/i2D3. The van der Waals surface area contributed by atoms with E-state index in [4.69, 9.17) is 18.8 Å². The molecule has 0 bridgehead atoms. The lowest BCUT2D eigenvalue weighted by atomic mass is 10.0. The number of hydrogen-bond acceptors (Lipinski definition) is 5. The molecule has 0 aliphatic carbocycles. The Labute approximate surface area is 253 Å². The zero-order chi connectivity index (χ0) is 31.4. The van der Waals surface area contributed by atoms with E-state index in [1.165, 1.54) is 16.2 Å². The molecular weight excluding hydrogens is 532 g/mol. The van der Waals surface area contributed by atoms with E-state index >= 15 is 0 Å². The average molecular weight is 564 g/mol. The van der Waals surface area contributed by atoms with Gasteiger partial charge in [-0.25, -0.2) is 10.0 Å². The number of fused-ring (bicyclic) bond motifs is 4. The summed E-state index contributed by atoms with van der Waals surface area (Å²) in [6, 6.07) is 41.5. The van der Waals surface area contributed by atoms with E-state index in [2.05, 4.69) is 54.0 Å². The monoisotopic (exact) mass is 563 g/mol. The first-order valence-electron chi connectivity index (χ1n) is 15.6. The molecule has 0 atom stereocenters. The van der Waals surface area contributed by atoms with Crippen LogP contribution in [-0.2, 0) is 4.94 Å². The first kappa shape index (κ1) is 22.1. The Bertz CT molecular complexity index is 2260. The number of anilines is 3. The molecule has 7 aromatic rings. The highest BCUT2D eigenvalue weighted by atomic mass is 16.8. The van der Waals surface area contributed by atoms with Gasteiger partial charge in [-0.2, -0.15) is 5.06 Å². The number of hydrogen-bond donors (Lipinski definition) is 0. The van der Waals surface area contributed by atoms with Gasteiger partial charge in [0.05, 0.1) is 28.1 Å². The van der Waals surface area contributed by atoms with E-state index in [1.54, 1.807) is 12.1 Å². The highest BCUT2D eigenvalue weighted by Crippen LogP contribution is 2.42. The van der Waals surface area contributed by atoms with Gasteiger partial charge in [0.1, 0.15) is 17.3 Å². The van der Waals surface area contributed by atoms with Crippen LogP contribution in [0.5, 0.6) is 11.5 Å². The van der Waals surface area contributed by atoms with E-state index in [1.807, 2.05) is 79.0 Å². The van der Waals surface area contributed by atoms with Gasteiger partial charge in [0.25, 0.3) is 0 Å². The van der Waals surface area contributed by atoms with Crippen molar-refractivity contribution in [1.29, 1.82) is 0 Å². The van der Waals surface area contributed by atoms with Gasteiger partial charge in [-0.3, -0.25) is 4.57 Å². The molecule has 0 amide bonds. The number of aryl methyl sites for hydroxylation is 1. The van der Waals surface area contributed by atoms with Crippen molar-refractivity contribution in [3.05, 3.63) is 139 Å². The summed E-state index contributed by atoms with van der Waals surface area (Å²) in [7, 11) is 0. The van der Waals surface area contributed by atoms with Crippen molar-refractivity contribution >= 4 is 38.9 Å².